The van der Waals surface area contributed by atoms with Crippen molar-refractivity contribution < 1.29 is 9.53 Å². The average Bonchev–Trinajstić information content (AvgIpc) is 2.64. The summed E-state index contributed by atoms with van der Waals surface area (Å²) in [6.45, 7) is 4.47. The fourth-order valence-electron chi connectivity index (χ4n) is 3.61. The van der Waals surface area contributed by atoms with Crippen molar-refractivity contribution in [3.05, 3.63) is 28.8 Å². The van der Waals surface area contributed by atoms with Crippen molar-refractivity contribution in [1.82, 2.24) is 0 Å². The molecule has 0 radical (unpaired) electrons. The molecule has 0 saturated carbocycles. The third-order valence-corrected chi connectivity index (χ3v) is 5.14. The largest absolute Gasteiger partial charge is 0.496 e. The van der Waals surface area contributed by atoms with Gasteiger partial charge in [0.05, 0.1) is 7.11 Å². The zero-order valence-electron chi connectivity index (χ0n) is 17.2. The lowest BCUT2D eigenvalue weighted by molar-refractivity contribution is 0.0999. The van der Waals surface area contributed by atoms with Gasteiger partial charge in [0.2, 0.25) is 5.91 Å². The molecule has 2 N–H and O–H groups in total. The first kappa shape index (κ1) is 22.5. The number of carbonyl (C=O) groups excluding carboxylic acids is 1. The Balaban J connectivity index is 2.76. The summed E-state index contributed by atoms with van der Waals surface area (Å²) < 4.78 is 5.73. The van der Waals surface area contributed by atoms with Crippen LogP contribution in [-0.2, 0) is 12.8 Å². The molecule has 26 heavy (non-hydrogen) atoms. The Hall–Kier alpha value is -1.51. The average molecular weight is 362 g/mol. The van der Waals surface area contributed by atoms with E-state index in [1.807, 2.05) is 12.1 Å². The lowest BCUT2D eigenvalue weighted by Crippen LogP contribution is -2.15. The second-order valence-corrected chi connectivity index (χ2v) is 7.33. The van der Waals surface area contributed by atoms with E-state index in [9.17, 15) is 4.79 Å². The molecule has 0 aliphatic heterocycles. The third kappa shape index (κ3) is 7.80. The Bertz CT molecular complexity index is 525. The zero-order valence-corrected chi connectivity index (χ0v) is 17.2. The number of rotatable bonds is 15. The summed E-state index contributed by atoms with van der Waals surface area (Å²) in [4.78, 5) is 11.9. The third-order valence-electron chi connectivity index (χ3n) is 5.14. The van der Waals surface area contributed by atoms with Gasteiger partial charge >= 0.3 is 0 Å². The minimum absolute atomic E-state index is 0.348. The maximum Gasteiger partial charge on any atom is 0.249 e. The SMILES string of the molecule is CCCCCCCCc1c(C(N)=O)ccc(CCCCCCC)c1OC. The summed E-state index contributed by atoms with van der Waals surface area (Å²) >= 11 is 0. The van der Waals surface area contributed by atoms with Crippen LogP contribution in [0.2, 0.25) is 0 Å². The fraction of sp³-hybridized carbons (Fsp3) is 0.696. The maximum absolute atomic E-state index is 11.9. The first-order chi connectivity index (χ1) is 12.7. The van der Waals surface area contributed by atoms with E-state index in [2.05, 4.69) is 13.8 Å². The van der Waals surface area contributed by atoms with E-state index in [1.54, 1.807) is 7.11 Å². The topological polar surface area (TPSA) is 52.3 Å². The maximum atomic E-state index is 11.9. The van der Waals surface area contributed by atoms with E-state index in [0.29, 0.717) is 5.56 Å². The number of primary amides is 1. The number of methoxy groups -OCH3 is 1. The van der Waals surface area contributed by atoms with Crippen LogP contribution in [0.15, 0.2) is 12.1 Å². The molecule has 0 aliphatic rings. The number of hydrogen-bond acceptors (Lipinski definition) is 2. The molecular weight excluding hydrogens is 322 g/mol. The molecule has 3 nitrogen and oxygen atoms in total. The molecule has 0 unspecified atom stereocenters. The number of ether oxygens (including phenoxy) is 1. The van der Waals surface area contributed by atoms with E-state index >= 15 is 0 Å². The minimum Gasteiger partial charge on any atom is -0.496 e. The van der Waals surface area contributed by atoms with Crippen LogP contribution in [0, 0.1) is 0 Å². The number of benzene rings is 1. The quantitative estimate of drug-likeness (QED) is 0.378. The highest BCUT2D eigenvalue weighted by molar-refractivity contribution is 5.95. The first-order valence-electron chi connectivity index (χ1n) is 10.6. The summed E-state index contributed by atoms with van der Waals surface area (Å²) in [7, 11) is 1.71. The number of unbranched alkanes of at least 4 members (excludes halogenated alkanes) is 9. The standard InChI is InChI=1S/C23H39NO2/c1-4-6-8-10-12-14-16-20-21(23(24)25)18-17-19(22(20)26-3)15-13-11-9-7-5-2/h17-18H,4-16H2,1-3H3,(H2,24,25). The van der Waals surface area contributed by atoms with Crippen LogP contribution in [0.1, 0.15) is 106 Å². The summed E-state index contributed by atoms with van der Waals surface area (Å²) in [6, 6.07) is 3.93. The Morgan fingerprint density at radius 2 is 1.38 bits per heavy atom. The number of nitrogens with two attached hydrogens (primary N) is 1. The first-order valence-corrected chi connectivity index (χ1v) is 10.6. The predicted molar refractivity (Wildman–Crippen MR) is 111 cm³/mol. The lowest BCUT2D eigenvalue weighted by atomic mass is 9.94. The van der Waals surface area contributed by atoms with Crippen molar-refractivity contribution in [2.24, 2.45) is 5.73 Å². The predicted octanol–water partition coefficient (Wildman–Crippen LogP) is 6.21. The summed E-state index contributed by atoms with van der Waals surface area (Å²) in [5, 5.41) is 0. The summed E-state index contributed by atoms with van der Waals surface area (Å²) in [5.41, 5.74) is 8.48. The molecule has 0 aliphatic carbocycles. The second kappa shape index (κ2) is 13.7. The van der Waals surface area contributed by atoms with Gasteiger partial charge in [0.15, 0.2) is 0 Å². The van der Waals surface area contributed by atoms with Crippen LogP contribution in [0.4, 0.5) is 0 Å². The highest BCUT2D eigenvalue weighted by Crippen LogP contribution is 2.30. The molecule has 0 heterocycles. The van der Waals surface area contributed by atoms with Crippen molar-refractivity contribution in [2.45, 2.75) is 97.3 Å². The normalized spacial score (nSPS) is 10.9. The zero-order chi connectivity index (χ0) is 19.2. The van der Waals surface area contributed by atoms with E-state index in [-0.39, 0.29) is 5.91 Å². The highest BCUT2D eigenvalue weighted by Gasteiger charge is 2.17. The molecule has 148 valence electrons. The molecule has 0 spiro atoms. The molecule has 1 amide bonds. The van der Waals surface area contributed by atoms with Gasteiger partial charge in [-0.15, -0.1) is 0 Å². The van der Waals surface area contributed by atoms with Gasteiger partial charge in [-0.2, -0.15) is 0 Å². The Kier molecular flexibility index (Phi) is 11.8. The van der Waals surface area contributed by atoms with E-state index in [0.717, 1.165) is 30.6 Å². The lowest BCUT2D eigenvalue weighted by Gasteiger charge is -2.17. The summed E-state index contributed by atoms with van der Waals surface area (Å²) in [5.74, 6) is 0.545. The minimum atomic E-state index is -0.348. The monoisotopic (exact) mass is 361 g/mol. The number of carbonyl (C=O) groups is 1. The van der Waals surface area contributed by atoms with Gasteiger partial charge in [-0.3, -0.25) is 4.79 Å². The van der Waals surface area contributed by atoms with Crippen molar-refractivity contribution in [1.29, 1.82) is 0 Å². The second-order valence-electron chi connectivity index (χ2n) is 7.33. The molecule has 0 bridgehead atoms. The van der Waals surface area contributed by atoms with Gasteiger partial charge < -0.3 is 10.5 Å². The van der Waals surface area contributed by atoms with Gasteiger partial charge in [-0.05, 0) is 37.3 Å². The molecule has 3 heteroatoms. The van der Waals surface area contributed by atoms with Crippen LogP contribution in [0.3, 0.4) is 0 Å². The van der Waals surface area contributed by atoms with Gasteiger partial charge in [-0.1, -0.05) is 77.7 Å². The molecule has 1 rings (SSSR count). The molecule has 0 aromatic heterocycles. The van der Waals surface area contributed by atoms with Crippen LogP contribution >= 0.6 is 0 Å². The van der Waals surface area contributed by atoms with Crippen molar-refractivity contribution >= 4 is 5.91 Å². The molecule has 1 aromatic rings. The molecule has 0 fully saturated rings. The van der Waals surface area contributed by atoms with Crippen LogP contribution in [-0.4, -0.2) is 13.0 Å². The highest BCUT2D eigenvalue weighted by atomic mass is 16.5. The van der Waals surface area contributed by atoms with E-state index < -0.39 is 0 Å². The van der Waals surface area contributed by atoms with Gasteiger partial charge in [0.25, 0.3) is 0 Å². The van der Waals surface area contributed by atoms with E-state index in [1.165, 1.54) is 69.8 Å². The van der Waals surface area contributed by atoms with Gasteiger partial charge in [-0.25, -0.2) is 0 Å². The van der Waals surface area contributed by atoms with Crippen molar-refractivity contribution in [3.8, 4) is 5.75 Å². The Morgan fingerprint density at radius 3 is 1.92 bits per heavy atom. The Labute approximate surface area is 160 Å². The summed E-state index contributed by atoms with van der Waals surface area (Å²) in [6.07, 6.45) is 15.6. The molecular formula is C23H39NO2. The molecule has 0 atom stereocenters. The van der Waals surface area contributed by atoms with Crippen LogP contribution < -0.4 is 10.5 Å². The number of aryl methyl sites for hydroxylation is 1. The Morgan fingerprint density at radius 1 is 0.846 bits per heavy atom. The van der Waals surface area contributed by atoms with Crippen LogP contribution in [0.25, 0.3) is 0 Å². The van der Waals surface area contributed by atoms with Crippen molar-refractivity contribution in [2.75, 3.05) is 7.11 Å². The number of hydrogen-bond donors (Lipinski definition) is 1. The van der Waals surface area contributed by atoms with E-state index in [4.69, 9.17) is 10.5 Å². The van der Waals surface area contributed by atoms with Gasteiger partial charge in [0.1, 0.15) is 5.75 Å². The van der Waals surface area contributed by atoms with Crippen molar-refractivity contribution in [3.63, 3.8) is 0 Å². The van der Waals surface area contributed by atoms with Gasteiger partial charge in [0, 0.05) is 11.1 Å². The smallest absolute Gasteiger partial charge is 0.249 e. The van der Waals surface area contributed by atoms with Crippen LogP contribution in [0.5, 0.6) is 5.75 Å². The molecule has 0 saturated heterocycles. The fourth-order valence-corrected chi connectivity index (χ4v) is 3.61. The molecule has 1 aromatic carbocycles. The number of amides is 1.